The molecule has 0 saturated carbocycles. The highest BCUT2D eigenvalue weighted by Crippen LogP contribution is 2.47. The van der Waals surface area contributed by atoms with E-state index in [-0.39, 0.29) is 29.4 Å². The summed E-state index contributed by atoms with van der Waals surface area (Å²) in [5.74, 6) is 0.611. The molecule has 3 aromatic carbocycles. The number of nitro groups is 1. The van der Waals surface area contributed by atoms with Crippen LogP contribution in [-0.4, -0.2) is 24.6 Å². The maximum absolute atomic E-state index is 12.0. The van der Waals surface area contributed by atoms with Crippen molar-refractivity contribution in [3.8, 4) is 23.0 Å². The summed E-state index contributed by atoms with van der Waals surface area (Å²) in [6.07, 6.45) is 0. The number of carbonyl (C=O) groups is 1. The predicted molar refractivity (Wildman–Crippen MR) is 127 cm³/mol. The average molecular weight is 466 g/mol. The summed E-state index contributed by atoms with van der Waals surface area (Å²) in [5, 5.41) is 11.7. The van der Waals surface area contributed by atoms with Gasteiger partial charge in [0.15, 0.2) is 11.5 Å². The second-order valence-electron chi connectivity index (χ2n) is 7.60. The molecule has 178 valence electrons. The molecule has 3 rings (SSSR count). The second kappa shape index (κ2) is 10.7. The molecule has 0 radical (unpaired) electrons. The normalized spacial score (nSPS) is 10.5. The second-order valence-corrected chi connectivity index (χ2v) is 7.60. The molecule has 0 bridgehead atoms. The summed E-state index contributed by atoms with van der Waals surface area (Å²) in [6, 6.07) is 13.5. The zero-order valence-corrected chi connectivity index (χ0v) is 19.8. The lowest BCUT2D eigenvalue weighted by molar-refractivity contribution is -0.385. The van der Waals surface area contributed by atoms with Crippen molar-refractivity contribution in [3.63, 3.8) is 0 Å². The van der Waals surface area contributed by atoms with E-state index in [2.05, 4.69) is 0 Å². The molecule has 8 heteroatoms. The molecule has 0 N–H and O–H groups in total. The maximum Gasteiger partial charge on any atom is 0.337 e. The van der Waals surface area contributed by atoms with Crippen LogP contribution in [0, 0.1) is 30.9 Å². The Labute approximate surface area is 198 Å². The van der Waals surface area contributed by atoms with E-state index in [1.54, 1.807) is 6.92 Å². The van der Waals surface area contributed by atoms with Gasteiger partial charge in [-0.15, -0.1) is 0 Å². The number of benzene rings is 3. The van der Waals surface area contributed by atoms with Crippen molar-refractivity contribution in [2.45, 2.75) is 34.3 Å². The largest absolute Gasteiger partial charge is 0.493 e. The third kappa shape index (κ3) is 5.11. The topological polar surface area (TPSA) is 97.1 Å². The van der Waals surface area contributed by atoms with Crippen molar-refractivity contribution in [1.82, 2.24) is 0 Å². The Hall–Kier alpha value is -4.07. The van der Waals surface area contributed by atoms with Gasteiger partial charge in [-0.1, -0.05) is 30.3 Å². The van der Waals surface area contributed by atoms with E-state index in [0.29, 0.717) is 23.7 Å². The van der Waals surface area contributed by atoms with Gasteiger partial charge in [0.05, 0.1) is 24.2 Å². The highest BCUT2D eigenvalue weighted by atomic mass is 16.6. The molecule has 0 aliphatic carbocycles. The van der Waals surface area contributed by atoms with Crippen molar-refractivity contribution in [1.29, 1.82) is 0 Å². The first-order valence-corrected chi connectivity index (χ1v) is 10.8. The smallest absolute Gasteiger partial charge is 0.337 e. The molecule has 0 unspecified atom stereocenters. The van der Waals surface area contributed by atoms with Gasteiger partial charge in [0.2, 0.25) is 5.75 Å². The zero-order chi connectivity index (χ0) is 24.8. The lowest BCUT2D eigenvalue weighted by Crippen LogP contribution is -2.07. The third-order valence-corrected chi connectivity index (χ3v) is 5.44. The SMILES string of the molecule is CCOc1c(C)c(C)c(OCc2ccccc2)c(Oc2cc(C(=O)OC)ccc2[N+](=O)[O-])c1C. The fraction of sp³-hybridized carbons (Fsp3) is 0.269. The molecule has 0 aromatic heterocycles. The Morgan fingerprint density at radius 2 is 1.59 bits per heavy atom. The van der Waals surface area contributed by atoms with Gasteiger partial charge >= 0.3 is 11.7 Å². The summed E-state index contributed by atoms with van der Waals surface area (Å²) in [7, 11) is 1.24. The molecule has 0 fully saturated rings. The lowest BCUT2D eigenvalue weighted by atomic mass is 10.0. The molecule has 0 aliphatic rings. The monoisotopic (exact) mass is 465 g/mol. The van der Waals surface area contributed by atoms with E-state index < -0.39 is 10.9 Å². The first kappa shape index (κ1) is 24.6. The van der Waals surface area contributed by atoms with E-state index >= 15 is 0 Å². The number of esters is 1. The van der Waals surface area contributed by atoms with E-state index in [1.165, 1.54) is 25.3 Å². The molecule has 34 heavy (non-hydrogen) atoms. The zero-order valence-electron chi connectivity index (χ0n) is 19.8. The van der Waals surface area contributed by atoms with Crippen LogP contribution in [-0.2, 0) is 11.3 Å². The average Bonchev–Trinajstić information content (AvgIpc) is 2.84. The van der Waals surface area contributed by atoms with Gasteiger partial charge in [-0.2, -0.15) is 0 Å². The van der Waals surface area contributed by atoms with Gasteiger partial charge in [0.1, 0.15) is 12.4 Å². The molecule has 0 aliphatic heterocycles. The highest BCUT2D eigenvalue weighted by Gasteiger charge is 2.26. The van der Waals surface area contributed by atoms with Crippen LogP contribution in [0.25, 0.3) is 0 Å². The third-order valence-electron chi connectivity index (χ3n) is 5.44. The van der Waals surface area contributed by atoms with Crippen LogP contribution in [0.15, 0.2) is 48.5 Å². The minimum atomic E-state index is -0.632. The number of hydrogen-bond acceptors (Lipinski definition) is 7. The molecule has 0 heterocycles. The van der Waals surface area contributed by atoms with Crippen LogP contribution in [0.3, 0.4) is 0 Å². The van der Waals surface area contributed by atoms with Gasteiger partial charge in [0, 0.05) is 23.3 Å². The summed E-state index contributed by atoms with van der Waals surface area (Å²) < 4.78 is 22.9. The van der Waals surface area contributed by atoms with Gasteiger partial charge < -0.3 is 18.9 Å². The lowest BCUT2D eigenvalue weighted by Gasteiger charge is -2.22. The van der Waals surface area contributed by atoms with E-state index in [9.17, 15) is 14.9 Å². The Balaban J connectivity index is 2.15. The van der Waals surface area contributed by atoms with Crippen molar-refractivity contribution in [3.05, 3.63) is 86.5 Å². The van der Waals surface area contributed by atoms with Crippen molar-refractivity contribution in [2.75, 3.05) is 13.7 Å². The summed E-state index contributed by atoms with van der Waals surface area (Å²) in [5.41, 5.74) is 3.08. The van der Waals surface area contributed by atoms with Gasteiger partial charge in [0.25, 0.3) is 0 Å². The quantitative estimate of drug-likeness (QED) is 0.215. The molecule has 8 nitrogen and oxygen atoms in total. The molecular weight excluding hydrogens is 438 g/mol. The van der Waals surface area contributed by atoms with Crippen LogP contribution in [0.2, 0.25) is 0 Å². The molecular formula is C26H27NO7. The van der Waals surface area contributed by atoms with E-state index in [1.807, 2.05) is 51.1 Å². The molecule has 0 amide bonds. The van der Waals surface area contributed by atoms with Crippen LogP contribution in [0.1, 0.15) is 39.5 Å². The van der Waals surface area contributed by atoms with E-state index in [4.69, 9.17) is 18.9 Å². The molecule has 3 aromatic rings. The van der Waals surface area contributed by atoms with Crippen LogP contribution in [0.5, 0.6) is 23.0 Å². The minimum Gasteiger partial charge on any atom is -0.493 e. The highest BCUT2D eigenvalue weighted by molar-refractivity contribution is 5.90. The number of nitrogens with zero attached hydrogens (tertiary/aromatic N) is 1. The van der Waals surface area contributed by atoms with Crippen LogP contribution >= 0.6 is 0 Å². The fourth-order valence-electron chi connectivity index (χ4n) is 3.55. The molecule has 0 saturated heterocycles. The first-order chi connectivity index (χ1) is 16.3. The number of rotatable bonds is 9. The van der Waals surface area contributed by atoms with Gasteiger partial charge in [-0.25, -0.2) is 4.79 Å². The van der Waals surface area contributed by atoms with Crippen LogP contribution in [0.4, 0.5) is 5.69 Å². The molecule has 0 atom stereocenters. The number of methoxy groups -OCH3 is 1. The van der Waals surface area contributed by atoms with Crippen LogP contribution < -0.4 is 14.2 Å². The van der Waals surface area contributed by atoms with Crippen molar-refractivity contribution in [2.24, 2.45) is 0 Å². The number of ether oxygens (including phenoxy) is 4. The molecule has 0 spiro atoms. The van der Waals surface area contributed by atoms with E-state index in [0.717, 1.165) is 16.7 Å². The Morgan fingerprint density at radius 1 is 0.912 bits per heavy atom. The summed E-state index contributed by atoms with van der Waals surface area (Å²) in [6.45, 7) is 8.19. The first-order valence-electron chi connectivity index (χ1n) is 10.8. The Kier molecular flexibility index (Phi) is 7.73. The van der Waals surface area contributed by atoms with Crippen molar-refractivity contribution >= 4 is 11.7 Å². The van der Waals surface area contributed by atoms with Crippen molar-refractivity contribution < 1.29 is 28.7 Å². The number of nitro benzene ring substituents is 1. The number of carbonyl (C=O) groups excluding carboxylic acids is 1. The summed E-state index contributed by atoms with van der Waals surface area (Å²) in [4.78, 5) is 23.2. The maximum atomic E-state index is 12.0. The fourth-order valence-corrected chi connectivity index (χ4v) is 3.55. The Morgan fingerprint density at radius 3 is 2.21 bits per heavy atom. The number of hydrogen-bond donors (Lipinski definition) is 0. The van der Waals surface area contributed by atoms with Gasteiger partial charge in [-0.3, -0.25) is 10.1 Å². The minimum absolute atomic E-state index is 0.105. The summed E-state index contributed by atoms with van der Waals surface area (Å²) >= 11 is 0. The standard InChI is InChI=1S/C26H27NO7/c1-6-32-23-16(2)17(3)24(33-15-19-10-8-7-9-11-19)25(18(23)4)34-22-14-20(26(28)31-5)12-13-21(22)27(29)30/h7-14H,6,15H2,1-5H3. The van der Waals surface area contributed by atoms with Gasteiger partial charge in [-0.05, 0) is 44.9 Å². The Bertz CT molecular complexity index is 1210. The predicted octanol–water partition coefficient (Wildman–Crippen LogP) is 6.08.